The molecule has 1 N–H and O–H groups in total. The number of anilines is 1. The molecule has 0 saturated carbocycles. The average Bonchev–Trinajstić information content (AvgIpc) is 2.93. The summed E-state index contributed by atoms with van der Waals surface area (Å²) in [4.78, 5) is 29.4. The second kappa shape index (κ2) is 14.2. The zero-order valence-corrected chi connectivity index (χ0v) is 25.5. The fourth-order valence-corrected chi connectivity index (χ4v) is 5.57. The third-order valence-corrected chi connectivity index (χ3v) is 7.82. The number of methoxy groups -OCH3 is 1. The third-order valence-electron chi connectivity index (χ3n) is 6.70. The standard InChI is InChI=1S/C32H41N3O5S/c1-23(2)28-17-10-11-18-29(28)35(41(6,38)39)22-31(36)34(21-26-15-12-16-27(19-26)40-5)30(32(37)33-24(3)4)20-25-13-8-7-9-14-25/h7-19,23-24,30H,20-22H2,1-6H3,(H,33,37)/t30-/m0/s1. The molecule has 8 nitrogen and oxygen atoms in total. The quantitative estimate of drug-likeness (QED) is 0.315. The highest BCUT2D eigenvalue weighted by Gasteiger charge is 2.34. The van der Waals surface area contributed by atoms with Crippen LogP contribution in [0.5, 0.6) is 5.75 Å². The van der Waals surface area contributed by atoms with E-state index >= 15 is 0 Å². The number of nitrogens with one attached hydrogen (secondary N) is 1. The number of nitrogens with zero attached hydrogens (tertiary/aromatic N) is 2. The molecule has 3 aromatic rings. The number of sulfonamides is 1. The minimum atomic E-state index is -3.84. The Labute approximate surface area is 244 Å². The maximum atomic E-state index is 14.2. The second-order valence-electron chi connectivity index (χ2n) is 10.7. The Balaban J connectivity index is 2.11. The van der Waals surface area contributed by atoms with Gasteiger partial charge in [-0.15, -0.1) is 0 Å². The van der Waals surface area contributed by atoms with Gasteiger partial charge < -0.3 is 15.0 Å². The van der Waals surface area contributed by atoms with Crippen molar-refractivity contribution in [1.29, 1.82) is 0 Å². The SMILES string of the molecule is COc1cccc(CN(C(=O)CN(c2ccccc2C(C)C)S(C)(=O)=O)[C@@H](Cc2ccccc2)C(=O)NC(C)C)c1. The first kappa shape index (κ1) is 31.7. The predicted molar refractivity (Wildman–Crippen MR) is 163 cm³/mol. The average molecular weight is 580 g/mol. The van der Waals surface area contributed by atoms with Crippen LogP contribution >= 0.6 is 0 Å². The molecule has 2 amide bonds. The van der Waals surface area contributed by atoms with Crippen molar-refractivity contribution in [2.24, 2.45) is 0 Å². The summed E-state index contributed by atoms with van der Waals surface area (Å²) in [5, 5.41) is 2.96. The first-order valence-corrected chi connectivity index (χ1v) is 15.6. The van der Waals surface area contributed by atoms with E-state index < -0.39 is 28.5 Å². The van der Waals surface area contributed by atoms with E-state index in [0.717, 1.165) is 27.3 Å². The van der Waals surface area contributed by atoms with E-state index in [2.05, 4.69) is 5.32 Å². The van der Waals surface area contributed by atoms with Gasteiger partial charge >= 0.3 is 0 Å². The largest absolute Gasteiger partial charge is 0.497 e. The fourth-order valence-electron chi connectivity index (χ4n) is 4.70. The minimum Gasteiger partial charge on any atom is -0.497 e. The maximum absolute atomic E-state index is 14.2. The van der Waals surface area contributed by atoms with Crippen molar-refractivity contribution in [2.45, 2.75) is 58.7 Å². The van der Waals surface area contributed by atoms with Gasteiger partial charge in [-0.1, -0.05) is 74.5 Å². The molecular weight excluding hydrogens is 538 g/mol. The summed E-state index contributed by atoms with van der Waals surface area (Å²) < 4.78 is 32.7. The van der Waals surface area contributed by atoms with E-state index in [9.17, 15) is 18.0 Å². The summed E-state index contributed by atoms with van der Waals surface area (Å²) in [5.74, 6) is -0.156. The van der Waals surface area contributed by atoms with Crippen molar-refractivity contribution in [3.8, 4) is 5.75 Å². The van der Waals surface area contributed by atoms with E-state index in [-0.39, 0.29) is 30.8 Å². The Morgan fingerprint density at radius 1 is 0.878 bits per heavy atom. The molecule has 3 rings (SSSR count). The van der Waals surface area contributed by atoms with Gasteiger partial charge in [0.15, 0.2) is 0 Å². The van der Waals surface area contributed by atoms with Crippen molar-refractivity contribution in [1.82, 2.24) is 10.2 Å². The van der Waals surface area contributed by atoms with Gasteiger partial charge in [-0.05, 0) is 54.7 Å². The lowest BCUT2D eigenvalue weighted by molar-refractivity contribution is -0.140. The van der Waals surface area contributed by atoms with Crippen LogP contribution in [0.2, 0.25) is 0 Å². The molecule has 9 heteroatoms. The smallest absolute Gasteiger partial charge is 0.244 e. The highest BCUT2D eigenvalue weighted by Crippen LogP contribution is 2.29. The van der Waals surface area contributed by atoms with Gasteiger partial charge in [0, 0.05) is 19.0 Å². The van der Waals surface area contributed by atoms with Crippen LogP contribution in [-0.2, 0) is 32.6 Å². The Hall–Kier alpha value is -3.85. The number of hydrogen-bond acceptors (Lipinski definition) is 5. The van der Waals surface area contributed by atoms with Crippen LogP contribution in [0.4, 0.5) is 5.69 Å². The predicted octanol–water partition coefficient (Wildman–Crippen LogP) is 4.75. The molecule has 0 heterocycles. The molecule has 3 aromatic carbocycles. The molecule has 0 fully saturated rings. The van der Waals surface area contributed by atoms with Crippen LogP contribution < -0.4 is 14.4 Å². The monoisotopic (exact) mass is 579 g/mol. The van der Waals surface area contributed by atoms with Gasteiger partial charge in [0.25, 0.3) is 0 Å². The summed E-state index contributed by atoms with van der Waals surface area (Å²) in [5.41, 5.74) is 2.89. The molecule has 0 unspecified atom stereocenters. The number of para-hydroxylation sites is 1. The summed E-state index contributed by atoms with van der Waals surface area (Å²) >= 11 is 0. The molecule has 0 aliphatic heterocycles. The molecule has 0 saturated heterocycles. The van der Waals surface area contributed by atoms with Crippen molar-refractivity contribution >= 4 is 27.5 Å². The number of benzene rings is 3. The van der Waals surface area contributed by atoms with Gasteiger partial charge in [0.2, 0.25) is 21.8 Å². The van der Waals surface area contributed by atoms with Crippen molar-refractivity contribution < 1.29 is 22.7 Å². The zero-order valence-electron chi connectivity index (χ0n) is 24.7. The Kier molecular flexibility index (Phi) is 10.9. The van der Waals surface area contributed by atoms with E-state index in [4.69, 9.17) is 4.74 Å². The zero-order chi connectivity index (χ0) is 30.2. The van der Waals surface area contributed by atoms with Crippen LogP contribution in [0.25, 0.3) is 0 Å². The molecule has 1 atom stereocenters. The lowest BCUT2D eigenvalue weighted by Crippen LogP contribution is -2.54. The van der Waals surface area contributed by atoms with Crippen LogP contribution in [0.3, 0.4) is 0 Å². The van der Waals surface area contributed by atoms with Crippen molar-refractivity contribution in [3.05, 3.63) is 95.6 Å². The molecule has 220 valence electrons. The lowest BCUT2D eigenvalue weighted by Gasteiger charge is -2.34. The number of ether oxygens (including phenoxy) is 1. The molecule has 0 aliphatic carbocycles. The molecule has 0 bridgehead atoms. The number of rotatable bonds is 13. The lowest BCUT2D eigenvalue weighted by atomic mass is 10.0. The summed E-state index contributed by atoms with van der Waals surface area (Å²) in [6.07, 6.45) is 1.35. The Bertz CT molecular complexity index is 1420. The minimum absolute atomic E-state index is 0.0288. The molecule has 0 aliphatic rings. The van der Waals surface area contributed by atoms with Gasteiger partial charge in [-0.2, -0.15) is 0 Å². The highest BCUT2D eigenvalue weighted by atomic mass is 32.2. The van der Waals surface area contributed by atoms with Crippen LogP contribution in [0, 0.1) is 0 Å². The topological polar surface area (TPSA) is 96.0 Å². The van der Waals surface area contributed by atoms with Gasteiger partial charge in [-0.3, -0.25) is 13.9 Å². The molecule has 0 aromatic heterocycles. The second-order valence-corrected chi connectivity index (χ2v) is 12.6. The summed E-state index contributed by atoms with van der Waals surface area (Å²) in [6, 6.07) is 22.9. The first-order valence-electron chi connectivity index (χ1n) is 13.7. The van der Waals surface area contributed by atoms with E-state index in [0.29, 0.717) is 11.4 Å². The molecular formula is C32H41N3O5S. The fraction of sp³-hybridized carbons (Fsp3) is 0.375. The van der Waals surface area contributed by atoms with Crippen LogP contribution in [0.15, 0.2) is 78.9 Å². The summed E-state index contributed by atoms with van der Waals surface area (Å²) in [7, 11) is -2.28. The number of carbonyl (C=O) groups is 2. The Morgan fingerprint density at radius 3 is 2.12 bits per heavy atom. The molecule has 0 spiro atoms. The van der Waals surface area contributed by atoms with E-state index in [1.54, 1.807) is 25.3 Å². The van der Waals surface area contributed by atoms with Crippen LogP contribution in [-0.4, -0.2) is 57.1 Å². The van der Waals surface area contributed by atoms with Gasteiger partial charge in [-0.25, -0.2) is 8.42 Å². The van der Waals surface area contributed by atoms with Gasteiger partial charge in [0.1, 0.15) is 18.3 Å². The first-order chi connectivity index (χ1) is 19.4. The maximum Gasteiger partial charge on any atom is 0.244 e. The normalized spacial score (nSPS) is 12.2. The Morgan fingerprint density at radius 2 is 1.51 bits per heavy atom. The number of hydrogen-bond donors (Lipinski definition) is 1. The van der Waals surface area contributed by atoms with Crippen molar-refractivity contribution in [2.75, 3.05) is 24.2 Å². The highest BCUT2D eigenvalue weighted by molar-refractivity contribution is 7.92. The van der Waals surface area contributed by atoms with Gasteiger partial charge in [0.05, 0.1) is 19.1 Å². The third kappa shape index (κ3) is 8.82. The summed E-state index contributed by atoms with van der Waals surface area (Å²) in [6.45, 7) is 7.31. The number of carbonyl (C=O) groups excluding carboxylic acids is 2. The molecule has 0 radical (unpaired) electrons. The van der Waals surface area contributed by atoms with E-state index in [1.807, 2.05) is 88.4 Å². The van der Waals surface area contributed by atoms with Crippen LogP contribution in [0.1, 0.15) is 50.3 Å². The van der Waals surface area contributed by atoms with Crippen molar-refractivity contribution in [3.63, 3.8) is 0 Å². The van der Waals surface area contributed by atoms with E-state index in [1.165, 1.54) is 4.90 Å². The number of amides is 2. The molecule has 41 heavy (non-hydrogen) atoms.